The third-order valence-electron chi connectivity index (χ3n) is 2.90. The maximum atomic E-state index is 12.1. The first-order chi connectivity index (χ1) is 9.54. The van der Waals surface area contributed by atoms with Crippen LogP contribution in [0.4, 0.5) is 0 Å². The van der Waals surface area contributed by atoms with Crippen molar-refractivity contribution in [2.75, 3.05) is 0 Å². The van der Waals surface area contributed by atoms with Crippen molar-refractivity contribution in [1.82, 2.24) is 0 Å². The lowest BCUT2D eigenvalue weighted by Gasteiger charge is -2.00. The van der Waals surface area contributed by atoms with Crippen molar-refractivity contribution in [3.05, 3.63) is 58.3 Å². The van der Waals surface area contributed by atoms with Crippen LogP contribution in [0.2, 0.25) is 5.02 Å². The fourth-order valence-electron chi connectivity index (χ4n) is 1.99. The SMILES string of the molecule is O=C1/C(=C/c2ccc(Cl)cc2)Oc2cc(O)cc(O)c21. The molecule has 0 radical (unpaired) electrons. The molecule has 0 aliphatic carbocycles. The van der Waals surface area contributed by atoms with E-state index in [1.807, 2.05) is 0 Å². The van der Waals surface area contributed by atoms with Gasteiger partial charge < -0.3 is 14.9 Å². The largest absolute Gasteiger partial charge is 0.508 e. The molecule has 0 saturated heterocycles. The Bertz CT molecular complexity index is 732. The second-order valence-electron chi connectivity index (χ2n) is 4.33. The quantitative estimate of drug-likeness (QED) is 0.790. The second-order valence-corrected chi connectivity index (χ2v) is 4.77. The number of halogens is 1. The minimum atomic E-state index is -0.424. The van der Waals surface area contributed by atoms with Gasteiger partial charge in [0.15, 0.2) is 5.76 Å². The number of fused-ring (bicyclic) bond motifs is 1. The average molecular weight is 289 g/mol. The number of ketones is 1. The Kier molecular flexibility index (Phi) is 2.88. The maximum absolute atomic E-state index is 12.1. The van der Waals surface area contributed by atoms with Gasteiger partial charge in [0.05, 0.1) is 0 Å². The van der Waals surface area contributed by atoms with Crippen LogP contribution in [0.15, 0.2) is 42.2 Å². The molecular formula is C15H9ClO4. The highest BCUT2D eigenvalue weighted by Gasteiger charge is 2.31. The van der Waals surface area contributed by atoms with Crippen LogP contribution in [0.25, 0.3) is 6.08 Å². The normalized spacial score (nSPS) is 15.2. The summed E-state index contributed by atoms with van der Waals surface area (Å²) in [6, 6.07) is 9.27. The van der Waals surface area contributed by atoms with E-state index in [0.29, 0.717) is 5.02 Å². The molecule has 0 saturated carbocycles. The zero-order chi connectivity index (χ0) is 14.3. The first-order valence-corrected chi connectivity index (χ1v) is 6.18. The van der Waals surface area contributed by atoms with E-state index in [1.165, 1.54) is 6.07 Å². The number of carbonyl (C=O) groups excluding carboxylic acids is 1. The van der Waals surface area contributed by atoms with Gasteiger partial charge in [0.2, 0.25) is 5.78 Å². The standard InChI is InChI=1S/C15H9ClO4/c16-9-3-1-8(2-4-9)5-13-15(19)14-11(18)6-10(17)7-12(14)20-13/h1-7,17-18H/b13-5-. The number of hydrogen-bond acceptors (Lipinski definition) is 4. The van der Waals surface area contributed by atoms with Gasteiger partial charge in [-0.2, -0.15) is 0 Å². The van der Waals surface area contributed by atoms with Crippen LogP contribution in [0.5, 0.6) is 17.2 Å². The van der Waals surface area contributed by atoms with Crippen LogP contribution in [0.3, 0.4) is 0 Å². The number of allylic oxidation sites excluding steroid dienone is 1. The van der Waals surface area contributed by atoms with Gasteiger partial charge in [-0.25, -0.2) is 0 Å². The molecule has 2 aromatic carbocycles. The van der Waals surface area contributed by atoms with E-state index in [4.69, 9.17) is 16.3 Å². The van der Waals surface area contributed by atoms with E-state index in [0.717, 1.165) is 11.6 Å². The lowest BCUT2D eigenvalue weighted by atomic mass is 10.1. The van der Waals surface area contributed by atoms with Crippen LogP contribution >= 0.6 is 11.6 Å². The molecule has 20 heavy (non-hydrogen) atoms. The molecular weight excluding hydrogens is 280 g/mol. The van der Waals surface area contributed by atoms with Crippen molar-refractivity contribution in [2.45, 2.75) is 0 Å². The molecule has 1 aliphatic rings. The number of phenolic OH excluding ortho intramolecular Hbond substituents is 2. The van der Waals surface area contributed by atoms with Crippen LogP contribution in [-0.2, 0) is 0 Å². The molecule has 0 aromatic heterocycles. The first-order valence-electron chi connectivity index (χ1n) is 5.80. The molecule has 0 atom stereocenters. The Labute approximate surface area is 119 Å². The average Bonchev–Trinajstić information content (AvgIpc) is 2.69. The van der Waals surface area contributed by atoms with Gasteiger partial charge in [-0.05, 0) is 23.8 Å². The molecule has 2 N–H and O–H groups in total. The number of hydrogen-bond donors (Lipinski definition) is 2. The summed E-state index contributed by atoms with van der Waals surface area (Å²) in [4.78, 5) is 12.1. The minimum absolute atomic E-state index is 0.0583. The predicted molar refractivity (Wildman–Crippen MR) is 74.2 cm³/mol. The van der Waals surface area contributed by atoms with Gasteiger partial charge >= 0.3 is 0 Å². The van der Waals surface area contributed by atoms with Crippen molar-refractivity contribution < 1.29 is 19.7 Å². The molecule has 1 aliphatic heterocycles. The smallest absolute Gasteiger partial charge is 0.235 e. The van der Waals surface area contributed by atoms with Gasteiger partial charge in [0.1, 0.15) is 22.8 Å². The lowest BCUT2D eigenvalue weighted by Crippen LogP contribution is -1.98. The zero-order valence-corrected chi connectivity index (χ0v) is 10.9. The van der Waals surface area contributed by atoms with Crippen molar-refractivity contribution in [3.63, 3.8) is 0 Å². The summed E-state index contributed by atoms with van der Waals surface area (Å²) >= 11 is 5.79. The Morgan fingerprint density at radius 2 is 1.80 bits per heavy atom. The van der Waals surface area contributed by atoms with Gasteiger partial charge in [-0.3, -0.25) is 4.79 Å². The maximum Gasteiger partial charge on any atom is 0.235 e. The van der Waals surface area contributed by atoms with E-state index >= 15 is 0 Å². The molecule has 0 fully saturated rings. The topological polar surface area (TPSA) is 66.8 Å². The molecule has 100 valence electrons. The van der Waals surface area contributed by atoms with Gasteiger partial charge in [-0.15, -0.1) is 0 Å². The van der Waals surface area contributed by atoms with Crippen LogP contribution in [-0.4, -0.2) is 16.0 Å². The summed E-state index contributed by atoms with van der Waals surface area (Å²) in [7, 11) is 0. The predicted octanol–water partition coefficient (Wildman–Crippen LogP) is 3.37. The molecule has 0 spiro atoms. The minimum Gasteiger partial charge on any atom is -0.508 e. The van der Waals surface area contributed by atoms with E-state index in [9.17, 15) is 15.0 Å². The van der Waals surface area contributed by atoms with Crippen molar-refractivity contribution >= 4 is 23.5 Å². The highest BCUT2D eigenvalue weighted by molar-refractivity contribution is 6.30. The van der Waals surface area contributed by atoms with Crippen molar-refractivity contribution in [1.29, 1.82) is 0 Å². The zero-order valence-electron chi connectivity index (χ0n) is 10.1. The third-order valence-corrected chi connectivity index (χ3v) is 3.16. The third kappa shape index (κ3) is 2.10. The monoisotopic (exact) mass is 288 g/mol. The summed E-state index contributed by atoms with van der Waals surface area (Å²) in [6.45, 7) is 0. The van der Waals surface area contributed by atoms with E-state index in [1.54, 1.807) is 30.3 Å². The number of benzene rings is 2. The Balaban J connectivity index is 2.01. The number of phenols is 2. The highest BCUT2D eigenvalue weighted by Crippen LogP contribution is 2.40. The van der Waals surface area contributed by atoms with E-state index in [-0.39, 0.29) is 28.6 Å². The van der Waals surface area contributed by atoms with E-state index < -0.39 is 5.78 Å². The summed E-state index contributed by atoms with van der Waals surface area (Å²) in [5, 5.41) is 19.7. The molecule has 2 aromatic rings. The summed E-state index contributed by atoms with van der Waals surface area (Å²) in [5.41, 5.74) is 0.803. The molecule has 1 heterocycles. The highest BCUT2D eigenvalue weighted by atomic mass is 35.5. The Morgan fingerprint density at radius 1 is 1.10 bits per heavy atom. The lowest BCUT2D eigenvalue weighted by molar-refractivity contribution is 0.101. The van der Waals surface area contributed by atoms with Crippen LogP contribution in [0.1, 0.15) is 15.9 Å². The van der Waals surface area contributed by atoms with Crippen molar-refractivity contribution in [2.24, 2.45) is 0 Å². The van der Waals surface area contributed by atoms with Crippen LogP contribution in [0, 0.1) is 0 Å². The number of carbonyl (C=O) groups is 1. The van der Waals surface area contributed by atoms with Gasteiger partial charge in [0.25, 0.3) is 0 Å². The van der Waals surface area contributed by atoms with Gasteiger partial charge in [0, 0.05) is 17.2 Å². The molecule has 0 bridgehead atoms. The van der Waals surface area contributed by atoms with Gasteiger partial charge in [-0.1, -0.05) is 23.7 Å². The fourth-order valence-corrected chi connectivity index (χ4v) is 2.11. The summed E-state index contributed by atoms with van der Waals surface area (Å²) < 4.78 is 5.37. The number of ether oxygens (including phenoxy) is 1. The Hall–Kier alpha value is -2.46. The van der Waals surface area contributed by atoms with Crippen LogP contribution < -0.4 is 4.74 Å². The number of aromatic hydroxyl groups is 2. The summed E-state index contributed by atoms with van der Waals surface area (Å²) in [5.74, 6) is -0.658. The molecule has 0 amide bonds. The second kappa shape index (κ2) is 4.58. The molecule has 3 rings (SSSR count). The summed E-state index contributed by atoms with van der Waals surface area (Å²) in [6.07, 6.45) is 1.55. The molecule has 0 unspecified atom stereocenters. The van der Waals surface area contributed by atoms with Crippen molar-refractivity contribution in [3.8, 4) is 17.2 Å². The fraction of sp³-hybridized carbons (Fsp3) is 0. The number of rotatable bonds is 1. The molecule has 4 nitrogen and oxygen atoms in total. The van der Waals surface area contributed by atoms with E-state index in [2.05, 4.69) is 0 Å². The number of Topliss-reactive ketones (excluding diaryl/α,β-unsaturated/α-hetero) is 1. The Morgan fingerprint density at radius 3 is 2.50 bits per heavy atom. The first kappa shape index (κ1) is 12.6. The molecule has 5 heteroatoms.